The van der Waals surface area contributed by atoms with Gasteiger partial charge in [0.1, 0.15) is 5.75 Å². The van der Waals surface area contributed by atoms with Crippen molar-refractivity contribution in [1.82, 2.24) is 0 Å². The molecule has 0 aliphatic rings. The number of carbonyl (C=O) groups excluding carboxylic acids is 2. The smallest absolute Gasteiger partial charge is 0.418 e. The average Bonchev–Trinajstić information content (AvgIpc) is 3.23. The molecule has 9 heteroatoms. The van der Waals surface area contributed by atoms with Crippen LogP contribution >= 0.6 is 0 Å². The number of furan rings is 1. The number of benzene rings is 2. The molecule has 0 saturated heterocycles. The number of aryl methyl sites for hydroxylation is 1. The molecule has 0 bridgehead atoms. The quantitative estimate of drug-likeness (QED) is 0.598. The molecular formula is C21H17F3N2O4. The molecule has 3 rings (SSSR count). The summed E-state index contributed by atoms with van der Waals surface area (Å²) in [4.78, 5) is 24.0. The lowest BCUT2D eigenvalue weighted by Gasteiger charge is -2.16. The molecule has 2 amide bonds. The predicted molar refractivity (Wildman–Crippen MR) is 103 cm³/mol. The van der Waals surface area contributed by atoms with Gasteiger partial charge in [-0.05, 0) is 49.4 Å². The van der Waals surface area contributed by atoms with E-state index in [1.807, 2.05) is 6.92 Å². The predicted octanol–water partition coefficient (Wildman–Crippen LogP) is 4.88. The van der Waals surface area contributed by atoms with Gasteiger partial charge in [-0.1, -0.05) is 17.7 Å². The number of ether oxygens (including phenoxy) is 1. The number of nitrogens with one attached hydrogen (secondary N) is 2. The van der Waals surface area contributed by atoms with Crippen LogP contribution in [0, 0.1) is 6.92 Å². The van der Waals surface area contributed by atoms with Crippen molar-refractivity contribution in [2.24, 2.45) is 0 Å². The third-order valence-electron chi connectivity index (χ3n) is 3.99. The van der Waals surface area contributed by atoms with Gasteiger partial charge in [0.2, 0.25) is 0 Å². The number of hydrogen-bond acceptors (Lipinski definition) is 4. The lowest BCUT2D eigenvalue weighted by molar-refractivity contribution is -0.137. The van der Waals surface area contributed by atoms with Crippen LogP contribution in [0.15, 0.2) is 65.3 Å². The lowest BCUT2D eigenvalue weighted by atomic mass is 10.1. The molecule has 0 unspecified atom stereocenters. The topological polar surface area (TPSA) is 80.6 Å². The van der Waals surface area contributed by atoms with E-state index in [2.05, 4.69) is 10.6 Å². The SMILES string of the molecule is Cc1ccc(OCC(=O)Nc2ccc(NC(=O)c3ccco3)cc2C(F)(F)F)cc1. The fraction of sp³-hybridized carbons (Fsp3) is 0.143. The Kier molecular flexibility index (Phi) is 6.10. The van der Waals surface area contributed by atoms with Gasteiger partial charge in [0.15, 0.2) is 12.4 Å². The second kappa shape index (κ2) is 8.73. The fourth-order valence-electron chi connectivity index (χ4n) is 2.54. The van der Waals surface area contributed by atoms with E-state index in [0.717, 1.165) is 17.7 Å². The summed E-state index contributed by atoms with van der Waals surface area (Å²) in [6.45, 7) is 1.42. The van der Waals surface area contributed by atoms with Crippen molar-refractivity contribution in [3.8, 4) is 5.75 Å². The zero-order chi connectivity index (χ0) is 21.7. The molecule has 2 N–H and O–H groups in total. The van der Waals surface area contributed by atoms with E-state index in [-0.39, 0.29) is 11.4 Å². The van der Waals surface area contributed by atoms with Gasteiger partial charge in [0.25, 0.3) is 11.8 Å². The molecule has 0 spiro atoms. The third kappa shape index (κ3) is 5.40. The zero-order valence-electron chi connectivity index (χ0n) is 15.7. The van der Waals surface area contributed by atoms with Crippen LogP contribution in [0.2, 0.25) is 0 Å². The maximum atomic E-state index is 13.5. The zero-order valence-corrected chi connectivity index (χ0v) is 15.7. The van der Waals surface area contributed by atoms with E-state index in [1.165, 1.54) is 24.5 Å². The van der Waals surface area contributed by atoms with Crippen molar-refractivity contribution in [1.29, 1.82) is 0 Å². The van der Waals surface area contributed by atoms with Crippen molar-refractivity contribution in [3.05, 3.63) is 77.7 Å². The first kappa shape index (κ1) is 21.0. The van der Waals surface area contributed by atoms with E-state index >= 15 is 0 Å². The van der Waals surface area contributed by atoms with E-state index in [0.29, 0.717) is 5.75 Å². The van der Waals surface area contributed by atoms with Crippen molar-refractivity contribution >= 4 is 23.2 Å². The normalized spacial score (nSPS) is 11.1. The number of alkyl halides is 3. The molecule has 1 aromatic heterocycles. The minimum atomic E-state index is -4.76. The summed E-state index contributed by atoms with van der Waals surface area (Å²) in [6, 6.07) is 12.8. The number of rotatable bonds is 6. The maximum absolute atomic E-state index is 13.5. The Bertz CT molecular complexity index is 1030. The van der Waals surface area contributed by atoms with Crippen molar-refractivity contribution in [2.45, 2.75) is 13.1 Å². The standard InChI is InChI=1S/C21H17F3N2O4/c1-13-4-7-15(8-5-13)30-12-19(27)26-17-9-6-14(11-16(17)21(22,23)24)25-20(28)18-3-2-10-29-18/h2-11H,12H2,1H3,(H,25,28)(H,26,27). The molecule has 1 heterocycles. The van der Waals surface area contributed by atoms with Gasteiger partial charge >= 0.3 is 6.18 Å². The summed E-state index contributed by atoms with van der Waals surface area (Å²) < 4.78 is 50.6. The van der Waals surface area contributed by atoms with E-state index in [1.54, 1.807) is 24.3 Å². The average molecular weight is 418 g/mol. The Morgan fingerprint density at radius 1 is 1.03 bits per heavy atom. The van der Waals surface area contributed by atoms with E-state index < -0.39 is 35.8 Å². The summed E-state index contributed by atoms with van der Waals surface area (Å²) in [7, 11) is 0. The van der Waals surface area contributed by atoms with Gasteiger partial charge in [0.05, 0.1) is 17.5 Å². The summed E-state index contributed by atoms with van der Waals surface area (Å²) >= 11 is 0. The third-order valence-corrected chi connectivity index (χ3v) is 3.99. The Morgan fingerprint density at radius 2 is 1.77 bits per heavy atom. The summed E-state index contributed by atoms with van der Waals surface area (Å²) in [6.07, 6.45) is -3.49. The minimum Gasteiger partial charge on any atom is -0.484 e. The molecule has 0 fully saturated rings. The Morgan fingerprint density at radius 3 is 2.40 bits per heavy atom. The molecule has 0 aliphatic heterocycles. The highest BCUT2D eigenvalue weighted by molar-refractivity contribution is 6.02. The fourth-order valence-corrected chi connectivity index (χ4v) is 2.54. The lowest BCUT2D eigenvalue weighted by Crippen LogP contribution is -2.22. The molecule has 30 heavy (non-hydrogen) atoms. The first-order chi connectivity index (χ1) is 14.2. The summed E-state index contributed by atoms with van der Waals surface area (Å²) in [5.41, 5.74) is -0.655. The number of halogens is 3. The van der Waals surface area contributed by atoms with Crippen LogP contribution < -0.4 is 15.4 Å². The molecule has 156 valence electrons. The van der Waals surface area contributed by atoms with Crippen LogP contribution in [0.5, 0.6) is 5.75 Å². The Hall–Kier alpha value is -3.75. The minimum absolute atomic E-state index is 0.0470. The highest BCUT2D eigenvalue weighted by Gasteiger charge is 2.34. The van der Waals surface area contributed by atoms with Crippen LogP contribution in [0.1, 0.15) is 21.7 Å². The van der Waals surface area contributed by atoms with Gasteiger partial charge in [-0.2, -0.15) is 13.2 Å². The number of amides is 2. The highest BCUT2D eigenvalue weighted by Crippen LogP contribution is 2.36. The van der Waals surface area contributed by atoms with Crippen molar-refractivity contribution in [3.63, 3.8) is 0 Å². The van der Waals surface area contributed by atoms with Crippen LogP contribution in [0.3, 0.4) is 0 Å². The van der Waals surface area contributed by atoms with Gasteiger partial charge in [-0.3, -0.25) is 9.59 Å². The van der Waals surface area contributed by atoms with Crippen molar-refractivity contribution in [2.75, 3.05) is 17.2 Å². The van der Waals surface area contributed by atoms with Gasteiger partial charge < -0.3 is 19.8 Å². The molecule has 2 aromatic carbocycles. The Balaban J connectivity index is 1.71. The second-order valence-corrected chi connectivity index (χ2v) is 6.34. The molecule has 0 saturated carbocycles. The summed E-state index contributed by atoms with van der Waals surface area (Å²) in [5, 5.41) is 4.51. The molecule has 3 aromatic rings. The molecule has 0 radical (unpaired) electrons. The molecule has 0 atom stereocenters. The number of carbonyl (C=O) groups is 2. The van der Waals surface area contributed by atoms with Gasteiger partial charge in [-0.15, -0.1) is 0 Å². The number of hydrogen-bond donors (Lipinski definition) is 2. The van der Waals surface area contributed by atoms with E-state index in [9.17, 15) is 22.8 Å². The van der Waals surface area contributed by atoms with Crippen LogP contribution in [-0.2, 0) is 11.0 Å². The first-order valence-corrected chi connectivity index (χ1v) is 8.78. The maximum Gasteiger partial charge on any atom is 0.418 e. The molecule has 0 aliphatic carbocycles. The van der Waals surface area contributed by atoms with Gasteiger partial charge in [-0.25, -0.2) is 0 Å². The van der Waals surface area contributed by atoms with Crippen LogP contribution in [0.4, 0.5) is 24.5 Å². The second-order valence-electron chi connectivity index (χ2n) is 6.34. The monoisotopic (exact) mass is 418 g/mol. The number of anilines is 2. The summed E-state index contributed by atoms with van der Waals surface area (Å²) in [5.74, 6) is -1.08. The highest BCUT2D eigenvalue weighted by atomic mass is 19.4. The van der Waals surface area contributed by atoms with Crippen LogP contribution in [-0.4, -0.2) is 18.4 Å². The van der Waals surface area contributed by atoms with E-state index in [4.69, 9.17) is 9.15 Å². The van der Waals surface area contributed by atoms with Crippen LogP contribution in [0.25, 0.3) is 0 Å². The first-order valence-electron chi connectivity index (χ1n) is 8.78. The van der Waals surface area contributed by atoms with Crippen molar-refractivity contribution < 1.29 is 31.9 Å². The molecule has 6 nitrogen and oxygen atoms in total. The Labute approximate surface area is 169 Å². The largest absolute Gasteiger partial charge is 0.484 e. The van der Waals surface area contributed by atoms with Gasteiger partial charge in [0, 0.05) is 5.69 Å². The molecular weight excluding hydrogens is 401 g/mol.